The molecule has 1 atom stereocenters. The second-order valence-electron chi connectivity index (χ2n) is 5.89. The van der Waals surface area contributed by atoms with Crippen LogP contribution in [0, 0.1) is 0 Å². The minimum atomic E-state index is 0.251. The van der Waals surface area contributed by atoms with Crippen LogP contribution in [0.5, 0.6) is 11.5 Å². The Balaban J connectivity index is 1.82. The van der Waals surface area contributed by atoms with E-state index in [2.05, 4.69) is 18.2 Å². The summed E-state index contributed by atoms with van der Waals surface area (Å²) in [6.07, 6.45) is 9.80. The fourth-order valence-corrected chi connectivity index (χ4v) is 3.27. The number of ether oxygens (including phenoxy) is 3. The highest BCUT2D eigenvalue weighted by Crippen LogP contribution is 2.37. The van der Waals surface area contributed by atoms with Crippen LogP contribution in [0.25, 0.3) is 5.57 Å². The minimum absolute atomic E-state index is 0.251. The standard InChI is InChI=1S/C18H24O3/c1-19-16-9-7-13(11-16)14-8-10-17(20-2)18(12-14)21-15-5-3-4-6-15/h8,10-12,15-16H,3-7,9H2,1-2H3. The van der Waals surface area contributed by atoms with Crippen molar-refractivity contribution in [2.24, 2.45) is 0 Å². The van der Waals surface area contributed by atoms with E-state index in [4.69, 9.17) is 14.2 Å². The Morgan fingerprint density at radius 1 is 1.00 bits per heavy atom. The van der Waals surface area contributed by atoms with Crippen LogP contribution in [0.2, 0.25) is 0 Å². The largest absolute Gasteiger partial charge is 0.493 e. The van der Waals surface area contributed by atoms with Gasteiger partial charge in [0.05, 0.1) is 19.3 Å². The summed E-state index contributed by atoms with van der Waals surface area (Å²) in [5.41, 5.74) is 2.57. The molecule has 0 N–H and O–H groups in total. The number of benzene rings is 1. The molecule has 3 heteroatoms. The van der Waals surface area contributed by atoms with Crippen molar-refractivity contribution in [2.75, 3.05) is 14.2 Å². The lowest BCUT2D eigenvalue weighted by molar-refractivity contribution is 0.141. The molecule has 1 unspecified atom stereocenters. The Kier molecular flexibility index (Phi) is 4.49. The van der Waals surface area contributed by atoms with Crippen molar-refractivity contribution in [1.82, 2.24) is 0 Å². The van der Waals surface area contributed by atoms with E-state index in [0.717, 1.165) is 37.2 Å². The lowest BCUT2D eigenvalue weighted by Gasteiger charge is -2.17. The average Bonchev–Trinajstić information content (AvgIpc) is 3.18. The maximum Gasteiger partial charge on any atom is 0.162 e. The predicted molar refractivity (Wildman–Crippen MR) is 83.9 cm³/mol. The quantitative estimate of drug-likeness (QED) is 0.812. The van der Waals surface area contributed by atoms with Gasteiger partial charge in [0, 0.05) is 7.11 Å². The van der Waals surface area contributed by atoms with E-state index in [1.54, 1.807) is 14.2 Å². The monoisotopic (exact) mass is 288 g/mol. The van der Waals surface area contributed by atoms with E-state index in [-0.39, 0.29) is 6.10 Å². The number of rotatable bonds is 5. The van der Waals surface area contributed by atoms with Crippen molar-refractivity contribution in [1.29, 1.82) is 0 Å². The van der Waals surface area contributed by atoms with Gasteiger partial charge in [0.1, 0.15) is 0 Å². The van der Waals surface area contributed by atoms with Gasteiger partial charge in [-0.15, -0.1) is 0 Å². The number of hydrogen-bond donors (Lipinski definition) is 0. The van der Waals surface area contributed by atoms with Gasteiger partial charge in [0.25, 0.3) is 0 Å². The van der Waals surface area contributed by atoms with Gasteiger partial charge in [-0.25, -0.2) is 0 Å². The van der Waals surface area contributed by atoms with E-state index in [0.29, 0.717) is 6.10 Å². The van der Waals surface area contributed by atoms with Crippen molar-refractivity contribution in [3.8, 4) is 11.5 Å². The molecule has 21 heavy (non-hydrogen) atoms. The molecular weight excluding hydrogens is 264 g/mol. The molecular formula is C18H24O3. The van der Waals surface area contributed by atoms with Gasteiger partial charge >= 0.3 is 0 Å². The molecule has 1 fully saturated rings. The summed E-state index contributed by atoms with van der Waals surface area (Å²) in [6.45, 7) is 0. The molecule has 3 rings (SSSR count). The zero-order valence-corrected chi connectivity index (χ0v) is 12.9. The van der Waals surface area contributed by atoms with Gasteiger partial charge in [-0.05, 0) is 61.8 Å². The van der Waals surface area contributed by atoms with Gasteiger partial charge in [-0.1, -0.05) is 12.1 Å². The molecule has 1 aromatic rings. The second kappa shape index (κ2) is 6.52. The predicted octanol–water partition coefficient (Wildman–Crippen LogP) is 4.21. The number of methoxy groups -OCH3 is 2. The SMILES string of the molecule is COc1ccc(C2=CC(OC)CC2)cc1OC1CCCC1. The van der Waals surface area contributed by atoms with E-state index in [1.807, 2.05) is 6.07 Å². The van der Waals surface area contributed by atoms with Gasteiger partial charge in [-0.3, -0.25) is 0 Å². The molecule has 0 bridgehead atoms. The van der Waals surface area contributed by atoms with E-state index in [1.165, 1.54) is 24.0 Å². The average molecular weight is 288 g/mol. The third-order valence-corrected chi connectivity index (χ3v) is 4.52. The summed E-state index contributed by atoms with van der Waals surface area (Å²) >= 11 is 0. The normalized spacial score (nSPS) is 22.4. The molecule has 0 aliphatic heterocycles. The van der Waals surface area contributed by atoms with E-state index in [9.17, 15) is 0 Å². The topological polar surface area (TPSA) is 27.7 Å². The fourth-order valence-electron chi connectivity index (χ4n) is 3.27. The van der Waals surface area contributed by atoms with Gasteiger partial charge in [0.15, 0.2) is 11.5 Å². The molecule has 2 aliphatic carbocycles. The maximum atomic E-state index is 6.17. The number of allylic oxidation sites excluding steroid dienone is 1. The first-order valence-electron chi connectivity index (χ1n) is 7.88. The molecule has 0 amide bonds. The Morgan fingerprint density at radius 3 is 2.48 bits per heavy atom. The Hall–Kier alpha value is -1.48. The van der Waals surface area contributed by atoms with E-state index < -0.39 is 0 Å². The summed E-state index contributed by atoms with van der Waals surface area (Å²) in [5.74, 6) is 1.70. The first-order valence-corrected chi connectivity index (χ1v) is 7.88. The fraction of sp³-hybridized carbons (Fsp3) is 0.556. The summed E-state index contributed by atoms with van der Waals surface area (Å²) in [4.78, 5) is 0. The summed E-state index contributed by atoms with van der Waals surface area (Å²) in [7, 11) is 3.47. The Labute approximate surface area is 126 Å². The van der Waals surface area contributed by atoms with Crippen LogP contribution in [-0.4, -0.2) is 26.4 Å². The highest BCUT2D eigenvalue weighted by molar-refractivity contribution is 5.70. The molecule has 3 nitrogen and oxygen atoms in total. The maximum absolute atomic E-state index is 6.17. The summed E-state index contributed by atoms with van der Waals surface area (Å²) in [5, 5.41) is 0. The molecule has 2 aliphatic rings. The Morgan fingerprint density at radius 2 is 1.81 bits per heavy atom. The van der Waals surface area contributed by atoms with Gasteiger partial charge < -0.3 is 14.2 Å². The smallest absolute Gasteiger partial charge is 0.162 e. The Bertz CT molecular complexity index is 515. The van der Waals surface area contributed by atoms with Crippen LogP contribution in [-0.2, 0) is 4.74 Å². The molecule has 0 saturated heterocycles. The van der Waals surface area contributed by atoms with Crippen molar-refractivity contribution in [2.45, 2.75) is 50.7 Å². The minimum Gasteiger partial charge on any atom is -0.493 e. The zero-order chi connectivity index (χ0) is 14.7. The lowest BCUT2D eigenvalue weighted by Crippen LogP contribution is -2.11. The molecule has 0 aromatic heterocycles. The van der Waals surface area contributed by atoms with E-state index >= 15 is 0 Å². The van der Waals surface area contributed by atoms with Crippen LogP contribution in [0.3, 0.4) is 0 Å². The van der Waals surface area contributed by atoms with Crippen molar-refractivity contribution in [3.63, 3.8) is 0 Å². The van der Waals surface area contributed by atoms with Crippen molar-refractivity contribution in [3.05, 3.63) is 29.8 Å². The lowest BCUT2D eigenvalue weighted by atomic mass is 10.0. The van der Waals surface area contributed by atoms with Gasteiger partial charge in [0.2, 0.25) is 0 Å². The molecule has 0 radical (unpaired) electrons. The molecule has 1 aromatic carbocycles. The highest BCUT2D eigenvalue weighted by Gasteiger charge is 2.21. The third kappa shape index (κ3) is 3.24. The highest BCUT2D eigenvalue weighted by atomic mass is 16.5. The summed E-state index contributed by atoms with van der Waals surface area (Å²) in [6, 6.07) is 6.26. The van der Waals surface area contributed by atoms with Crippen molar-refractivity contribution < 1.29 is 14.2 Å². The molecule has 114 valence electrons. The van der Waals surface area contributed by atoms with Crippen LogP contribution in [0.1, 0.15) is 44.1 Å². The first kappa shape index (κ1) is 14.5. The molecule has 1 saturated carbocycles. The van der Waals surface area contributed by atoms with Crippen LogP contribution < -0.4 is 9.47 Å². The van der Waals surface area contributed by atoms with Crippen LogP contribution in [0.4, 0.5) is 0 Å². The third-order valence-electron chi connectivity index (χ3n) is 4.52. The van der Waals surface area contributed by atoms with Crippen molar-refractivity contribution >= 4 is 5.57 Å². The summed E-state index contributed by atoms with van der Waals surface area (Å²) < 4.78 is 17.0. The zero-order valence-electron chi connectivity index (χ0n) is 12.9. The molecule has 0 heterocycles. The second-order valence-corrected chi connectivity index (χ2v) is 5.89. The number of hydrogen-bond acceptors (Lipinski definition) is 3. The van der Waals surface area contributed by atoms with Crippen LogP contribution in [0.15, 0.2) is 24.3 Å². The van der Waals surface area contributed by atoms with Gasteiger partial charge in [-0.2, -0.15) is 0 Å². The van der Waals surface area contributed by atoms with Crippen LogP contribution >= 0.6 is 0 Å². The first-order chi connectivity index (χ1) is 10.3. The molecule has 0 spiro atoms.